The number of fused-ring (bicyclic) bond motifs is 1. The molecule has 0 bridgehead atoms. The number of hydrogen-bond acceptors (Lipinski definition) is 3. The van der Waals surface area contributed by atoms with Crippen LogP contribution < -0.4 is 0 Å². The normalized spacial score (nSPS) is 19.2. The predicted octanol–water partition coefficient (Wildman–Crippen LogP) is 9.05. The van der Waals surface area contributed by atoms with Gasteiger partial charge in [0.25, 0.3) is 0 Å². The molecule has 2 aromatic rings. The molecule has 0 saturated carbocycles. The van der Waals surface area contributed by atoms with Crippen molar-refractivity contribution < 1.29 is 9.53 Å². The van der Waals surface area contributed by atoms with Gasteiger partial charge in [-0.2, -0.15) is 0 Å². The first-order valence-electron chi connectivity index (χ1n) is 13.1. The third-order valence-corrected chi connectivity index (χ3v) is 13.7. The summed E-state index contributed by atoms with van der Waals surface area (Å²) in [4.78, 5) is 5.27. The van der Waals surface area contributed by atoms with Gasteiger partial charge in [-0.3, -0.25) is 4.98 Å². The molecule has 35 heavy (non-hydrogen) atoms. The third kappa shape index (κ3) is 6.05. The molecule has 3 rings (SSSR count). The van der Waals surface area contributed by atoms with E-state index in [1.54, 1.807) is 0 Å². The average molecular weight is 608 g/mol. The van der Waals surface area contributed by atoms with E-state index in [-0.39, 0.29) is 22.5 Å². The highest BCUT2D eigenvalue weighted by atomic mass is 127. The number of hydrogen-bond donors (Lipinski definition) is 1. The Labute approximate surface area is 228 Å². The maximum absolute atomic E-state index is 11.7. The summed E-state index contributed by atoms with van der Waals surface area (Å²) in [5.41, 5.74) is 6.67. The Morgan fingerprint density at radius 1 is 1.03 bits per heavy atom. The fraction of sp³-hybridized carbons (Fsp3) is 0.633. The van der Waals surface area contributed by atoms with Gasteiger partial charge in [0, 0.05) is 20.4 Å². The second-order valence-electron chi connectivity index (χ2n) is 13.4. The number of halogens is 1. The number of aromatic nitrogens is 1. The van der Waals surface area contributed by atoms with Crippen molar-refractivity contribution >= 4 is 30.9 Å². The topological polar surface area (TPSA) is 42.4 Å². The molecule has 0 amide bonds. The van der Waals surface area contributed by atoms with Gasteiger partial charge in [0.15, 0.2) is 8.32 Å². The number of aliphatic hydroxyl groups is 1. The van der Waals surface area contributed by atoms with E-state index in [9.17, 15) is 5.11 Å². The van der Waals surface area contributed by atoms with Crippen LogP contribution in [0.5, 0.6) is 0 Å². The number of nitrogens with zero attached hydrogens (tertiary/aromatic N) is 1. The van der Waals surface area contributed by atoms with Crippen LogP contribution in [0.3, 0.4) is 0 Å². The summed E-state index contributed by atoms with van der Waals surface area (Å²) >= 11 is 2.48. The quantitative estimate of drug-likeness (QED) is 0.263. The zero-order valence-electron chi connectivity index (χ0n) is 23.7. The van der Waals surface area contributed by atoms with Gasteiger partial charge in [-0.15, -0.1) is 0 Å². The zero-order valence-corrected chi connectivity index (χ0v) is 26.9. The summed E-state index contributed by atoms with van der Waals surface area (Å²) in [6, 6.07) is 8.43. The fourth-order valence-corrected chi connectivity index (χ4v) is 7.30. The van der Waals surface area contributed by atoms with E-state index in [1.807, 2.05) is 0 Å². The van der Waals surface area contributed by atoms with Gasteiger partial charge in [0.05, 0.1) is 11.8 Å². The van der Waals surface area contributed by atoms with Crippen molar-refractivity contribution in [2.45, 2.75) is 117 Å². The Balaban J connectivity index is 2.18. The fourth-order valence-electron chi connectivity index (χ4n) is 4.80. The third-order valence-electron chi connectivity index (χ3n) is 8.00. The molecule has 1 aliphatic carbocycles. The Hall–Kier alpha value is -0.763. The lowest BCUT2D eigenvalue weighted by Gasteiger charge is -2.44. The minimum absolute atomic E-state index is 0.00419. The standard InChI is InChI=1S/C30H46INO2Si/c1-18(2)20-12-14-21(15-13-20)28(33)25-26(31)24-22(32-27(25)19(3)4)16-30(8,9)17-23(24)34-35(10,11)29(5,6)7/h12-15,18-19,23,28,33H,16-17H2,1-11H3. The van der Waals surface area contributed by atoms with Crippen LogP contribution in [0.2, 0.25) is 18.1 Å². The monoisotopic (exact) mass is 607 g/mol. The lowest BCUT2D eigenvalue weighted by molar-refractivity contribution is 0.104. The van der Waals surface area contributed by atoms with Gasteiger partial charge in [-0.1, -0.05) is 86.6 Å². The Morgan fingerprint density at radius 3 is 2.06 bits per heavy atom. The molecule has 0 aliphatic heterocycles. The molecular weight excluding hydrogens is 561 g/mol. The van der Waals surface area contributed by atoms with Crippen LogP contribution in [0.4, 0.5) is 0 Å². The maximum atomic E-state index is 11.7. The van der Waals surface area contributed by atoms with Crippen LogP contribution in [-0.2, 0) is 10.8 Å². The van der Waals surface area contributed by atoms with E-state index in [4.69, 9.17) is 9.41 Å². The summed E-state index contributed by atoms with van der Waals surface area (Å²) in [7, 11) is -2.00. The molecule has 2 unspecified atom stereocenters. The molecule has 1 aliphatic rings. The smallest absolute Gasteiger partial charge is 0.192 e. The van der Waals surface area contributed by atoms with E-state index in [0.717, 1.165) is 38.9 Å². The van der Waals surface area contributed by atoms with Crippen molar-refractivity contribution in [1.29, 1.82) is 0 Å². The van der Waals surface area contributed by atoms with Crippen LogP contribution in [0.15, 0.2) is 24.3 Å². The molecule has 1 aromatic carbocycles. The van der Waals surface area contributed by atoms with Crippen molar-refractivity contribution in [2.75, 3.05) is 0 Å². The average Bonchev–Trinajstić information content (AvgIpc) is 2.70. The number of benzene rings is 1. The molecule has 1 heterocycles. The first kappa shape index (κ1) is 28.8. The predicted molar refractivity (Wildman–Crippen MR) is 159 cm³/mol. The number of aliphatic hydroxyl groups excluding tert-OH is 1. The minimum atomic E-state index is -2.00. The van der Waals surface area contributed by atoms with Gasteiger partial charge in [0.1, 0.15) is 6.10 Å². The van der Waals surface area contributed by atoms with Crippen LogP contribution in [0, 0.1) is 8.99 Å². The molecule has 2 atom stereocenters. The number of pyridine rings is 1. The Kier molecular flexibility index (Phi) is 8.38. The van der Waals surface area contributed by atoms with Gasteiger partial charge in [0.2, 0.25) is 0 Å². The molecule has 5 heteroatoms. The van der Waals surface area contributed by atoms with Crippen molar-refractivity contribution in [3.05, 3.63) is 61.5 Å². The second kappa shape index (κ2) is 10.2. The second-order valence-corrected chi connectivity index (χ2v) is 19.2. The van der Waals surface area contributed by atoms with Gasteiger partial charge in [-0.25, -0.2) is 0 Å². The van der Waals surface area contributed by atoms with Crippen LogP contribution in [0.25, 0.3) is 0 Å². The highest BCUT2D eigenvalue weighted by Crippen LogP contribution is 2.50. The van der Waals surface area contributed by atoms with E-state index in [0.29, 0.717) is 5.92 Å². The maximum Gasteiger partial charge on any atom is 0.192 e. The highest BCUT2D eigenvalue weighted by Gasteiger charge is 2.44. The first-order chi connectivity index (χ1) is 15.9. The zero-order chi connectivity index (χ0) is 26.5. The number of rotatable bonds is 6. The summed E-state index contributed by atoms with van der Waals surface area (Å²) in [6.07, 6.45) is 1.21. The minimum Gasteiger partial charge on any atom is -0.410 e. The largest absolute Gasteiger partial charge is 0.410 e. The molecule has 0 fully saturated rings. The molecule has 0 radical (unpaired) electrons. The van der Waals surface area contributed by atoms with Gasteiger partial charge < -0.3 is 9.53 Å². The Bertz CT molecular complexity index is 1050. The van der Waals surface area contributed by atoms with E-state index in [1.165, 1.54) is 11.1 Å². The molecule has 0 spiro atoms. The van der Waals surface area contributed by atoms with E-state index in [2.05, 4.69) is 122 Å². The van der Waals surface area contributed by atoms with Gasteiger partial charge in [-0.05, 0) is 81.9 Å². The van der Waals surface area contributed by atoms with Crippen molar-refractivity contribution in [3.8, 4) is 0 Å². The lowest BCUT2D eigenvalue weighted by atomic mass is 9.74. The molecule has 0 saturated heterocycles. The van der Waals surface area contributed by atoms with E-state index < -0.39 is 14.4 Å². The molecule has 194 valence electrons. The molecule has 3 nitrogen and oxygen atoms in total. The lowest BCUT2D eigenvalue weighted by Crippen LogP contribution is -2.44. The molecular formula is C30H46INO2Si. The summed E-state index contributed by atoms with van der Waals surface area (Å²) in [6.45, 7) is 25.0. The van der Waals surface area contributed by atoms with Crippen LogP contribution in [0.1, 0.15) is 126 Å². The highest BCUT2D eigenvalue weighted by molar-refractivity contribution is 14.1. The summed E-state index contributed by atoms with van der Waals surface area (Å²) < 4.78 is 8.22. The molecule has 1 aromatic heterocycles. The summed E-state index contributed by atoms with van der Waals surface area (Å²) in [5.74, 6) is 0.688. The van der Waals surface area contributed by atoms with Crippen molar-refractivity contribution in [1.82, 2.24) is 4.98 Å². The van der Waals surface area contributed by atoms with E-state index >= 15 is 0 Å². The summed E-state index contributed by atoms with van der Waals surface area (Å²) in [5, 5.41) is 11.8. The van der Waals surface area contributed by atoms with Crippen molar-refractivity contribution in [3.63, 3.8) is 0 Å². The van der Waals surface area contributed by atoms with Crippen molar-refractivity contribution in [2.24, 2.45) is 5.41 Å². The van der Waals surface area contributed by atoms with Crippen LogP contribution >= 0.6 is 22.6 Å². The Morgan fingerprint density at radius 2 is 1.57 bits per heavy atom. The van der Waals surface area contributed by atoms with Crippen LogP contribution in [-0.4, -0.2) is 18.4 Å². The van der Waals surface area contributed by atoms with Gasteiger partial charge >= 0.3 is 0 Å². The first-order valence-corrected chi connectivity index (χ1v) is 17.1. The SMILES string of the molecule is CC(C)c1ccc(C(O)c2c(C(C)C)nc3c(c2I)C(O[Si](C)(C)C(C)(C)C)CC(C)(C)C3)cc1. The molecule has 1 N–H and O–H groups in total.